The van der Waals surface area contributed by atoms with Gasteiger partial charge in [0, 0.05) is 12.0 Å². The van der Waals surface area contributed by atoms with Gasteiger partial charge in [0.2, 0.25) is 0 Å². The highest BCUT2D eigenvalue weighted by Crippen LogP contribution is 2.40. The Hall–Kier alpha value is -2.77. The monoisotopic (exact) mass is 522 g/mol. The van der Waals surface area contributed by atoms with Gasteiger partial charge in [-0.25, -0.2) is 4.99 Å². The molecule has 1 aromatic carbocycles. The zero-order valence-corrected chi connectivity index (χ0v) is 24.7. The fourth-order valence-electron chi connectivity index (χ4n) is 7.16. The lowest BCUT2D eigenvalue weighted by Gasteiger charge is -2.44. The first-order chi connectivity index (χ1) is 18.9. The minimum atomic E-state index is 0.227. The highest BCUT2D eigenvalue weighted by molar-refractivity contribution is 6.10. The van der Waals surface area contributed by atoms with Crippen molar-refractivity contribution in [3.05, 3.63) is 63.8 Å². The molecular weight excluding hydrogens is 476 g/mol. The zero-order chi connectivity index (χ0) is 27.5. The number of hydrogen-bond acceptors (Lipinski definition) is 4. The molecular formula is C35H46N4. The molecule has 4 heteroatoms. The Bertz CT molecular complexity index is 1250. The predicted molar refractivity (Wildman–Crippen MR) is 164 cm³/mol. The normalized spacial score (nSPS) is 29.2. The van der Waals surface area contributed by atoms with Crippen molar-refractivity contribution in [2.45, 2.75) is 104 Å². The Morgan fingerprint density at radius 1 is 1.13 bits per heavy atom. The minimum Gasteiger partial charge on any atom is -0.300 e. The van der Waals surface area contributed by atoms with Crippen LogP contribution in [-0.2, 0) is 0 Å². The average Bonchev–Trinajstić information content (AvgIpc) is 3.35. The number of allylic oxidation sites excluding steroid dienone is 5. The van der Waals surface area contributed by atoms with Crippen LogP contribution in [0.25, 0.3) is 5.57 Å². The summed E-state index contributed by atoms with van der Waals surface area (Å²) in [7, 11) is 0. The van der Waals surface area contributed by atoms with Gasteiger partial charge < -0.3 is 4.90 Å². The second-order valence-corrected chi connectivity index (χ2v) is 12.5. The maximum atomic E-state index is 9.17. The molecule has 0 spiro atoms. The summed E-state index contributed by atoms with van der Waals surface area (Å²) in [6.45, 7) is 13.9. The molecule has 1 unspecified atom stereocenters. The summed E-state index contributed by atoms with van der Waals surface area (Å²) in [5.74, 6) is 1.35. The number of hydrogen-bond donors (Lipinski definition) is 0. The van der Waals surface area contributed by atoms with Crippen LogP contribution < -0.4 is 0 Å². The Morgan fingerprint density at radius 3 is 2.59 bits per heavy atom. The SMILES string of the molecule is CCCC(/C1=C/CCC2N=CN=C2/C(C)=C\1)=C(\c1cc(C2CCN(C3CC(C#N)C3)CC2)ccc1C)C(C)C. The molecule has 2 fully saturated rings. The number of nitriles is 1. The lowest BCUT2D eigenvalue weighted by atomic mass is 9.78. The van der Waals surface area contributed by atoms with E-state index in [9.17, 15) is 0 Å². The fourth-order valence-corrected chi connectivity index (χ4v) is 7.16. The Labute approximate surface area is 236 Å². The number of rotatable bonds is 7. The van der Waals surface area contributed by atoms with Crippen molar-refractivity contribution < 1.29 is 0 Å². The molecule has 4 aliphatic rings. The summed E-state index contributed by atoms with van der Waals surface area (Å²) in [4.78, 5) is 11.9. The van der Waals surface area contributed by atoms with Crippen molar-refractivity contribution in [1.82, 2.24) is 4.90 Å². The smallest absolute Gasteiger partial charge is 0.111 e. The van der Waals surface area contributed by atoms with E-state index in [0.717, 1.165) is 57.3 Å². The van der Waals surface area contributed by atoms with Crippen molar-refractivity contribution in [1.29, 1.82) is 5.26 Å². The molecule has 0 N–H and O–H groups in total. The first-order valence-electron chi connectivity index (χ1n) is 15.4. The number of nitrogens with zero attached hydrogens (tertiary/aromatic N) is 4. The van der Waals surface area contributed by atoms with Crippen LogP contribution in [0.4, 0.5) is 0 Å². The van der Waals surface area contributed by atoms with E-state index in [2.05, 4.69) is 85.9 Å². The fraction of sp³-hybridized carbons (Fsp3) is 0.571. The molecule has 1 saturated heterocycles. The number of benzene rings is 1. The van der Waals surface area contributed by atoms with Crippen molar-refractivity contribution in [2.75, 3.05) is 13.1 Å². The molecule has 5 rings (SSSR count). The van der Waals surface area contributed by atoms with Gasteiger partial charge in [0.05, 0.1) is 17.8 Å². The number of aliphatic imine (C=N–C) groups is 2. The Kier molecular flexibility index (Phi) is 8.67. The van der Waals surface area contributed by atoms with Gasteiger partial charge in [-0.3, -0.25) is 4.99 Å². The van der Waals surface area contributed by atoms with Gasteiger partial charge in [0.25, 0.3) is 0 Å². The van der Waals surface area contributed by atoms with E-state index >= 15 is 0 Å². The summed E-state index contributed by atoms with van der Waals surface area (Å²) in [5, 5.41) is 9.17. The van der Waals surface area contributed by atoms with Crippen LogP contribution in [0, 0.1) is 30.1 Å². The third-order valence-corrected chi connectivity index (χ3v) is 9.46. The number of piperidine rings is 1. The largest absolute Gasteiger partial charge is 0.300 e. The van der Waals surface area contributed by atoms with Crippen LogP contribution in [0.15, 0.2) is 57.1 Å². The van der Waals surface area contributed by atoms with Crippen molar-refractivity contribution in [3.8, 4) is 6.07 Å². The van der Waals surface area contributed by atoms with E-state index in [1.807, 2.05) is 0 Å². The summed E-state index contributed by atoms with van der Waals surface area (Å²) in [5.41, 5.74) is 11.2. The van der Waals surface area contributed by atoms with E-state index in [0.29, 0.717) is 23.8 Å². The molecule has 0 amide bonds. The third-order valence-electron chi connectivity index (χ3n) is 9.46. The van der Waals surface area contributed by atoms with Gasteiger partial charge in [-0.05, 0) is 123 Å². The molecule has 0 radical (unpaired) electrons. The van der Waals surface area contributed by atoms with E-state index in [-0.39, 0.29) is 6.04 Å². The van der Waals surface area contributed by atoms with Crippen LogP contribution >= 0.6 is 0 Å². The van der Waals surface area contributed by atoms with Crippen molar-refractivity contribution in [3.63, 3.8) is 0 Å². The predicted octanol–water partition coefficient (Wildman–Crippen LogP) is 8.20. The van der Waals surface area contributed by atoms with Gasteiger partial charge in [-0.15, -0.1) is 0 Å². The number of likely N-dealkylation sites (tertiary alicyclic amines) is 1. The zero-order valence-electron chi connectivity index (χ0n) is 24.7. The first kappa shape index (κ1) is 27.8. The molecule has 2 aliphatic heterocycles. The molecule has 39 heavy (non-hydrogen) atoms. The Balaban J connectivity index is 1.45. The standard InChI is InChI=1S/C35H46N4/c1-6-8-31(29-9-7-10-33-35(25(5)17-29)38-22-37-33)34(23(2)3)32-20-28(12-11-24(32)4)27-13-15-39(16-14-27)30-18-26(19-30)21-36/h9,11-12,17,20,22-23,26-27,30,33H,6-8,10,13-16,18-19H2,1-5H3/b25-17-,29-9+,34-31+. The second-order valence-electron chi connectivity index (χ2n) is 12.5. The maximum Gasteiger partial charge on any atom is 0.111 e. The number of aryl methyl sites for hydroxylation is 1. The van der Waals surface area contributed by atoms with E-state index in [1.165, 1.54) is 51.8 Å². The molecule has 0 aromatic heterocycles. The van der Waals surface area contributed by atoms with Gasteiger partial charge in [0.1, 0.15) is 6.34 Å². The second kappa shape index (κ2) is 12.2. The average molecular weight is 523 g/mol. The van der Waals surface area contributed by atoms with Crippen LogP contribution in [-0.4, -0.2) is 42.1 Å². The quantitative estimate of drug-likeness (QED) is 0.362. The molecule has 1 saturated carbocycles. The van der Waals surface area contributed by atoms with Gasteiger partial charge in [-0.1, -0.05) is 57.5 Å². The summed E-state index contributed by atoms with van der Waals surface area (Å²) in [6, 6.07) is 10.6. The summed E-state index contributed by atoms with van der Waals surface area (Å²) >= 11 is 0. The van der Waals surface area contributed by atoms with E-state index in [1.54, 1.807) is 6.34 Å². The van der Waals surface area contributed by atoms with Crippen molar-refractivity contribution >= 4 is 17.6 Å². The topological polar surface area (TPSA) is 51.8 Å². The lowest BCUT2D eigenvalue weighted by Crippen LogP contribution is -2.47. The highest BCUT2D eigenvalue weighted by atomic mass is 15.2. The van der Waals surface area contributed by atoms with Gasteiger partial charge in [-0.2, -0.15) is 5.26 Å². The maximum absolute atomic E-state index is 9.17. The molecule has 0 bridgehead atoms. The van der Waals surface area contributed by atoms with E-state index < -0.39 is 0 Å². The lowest BCUT2D eigenvalue weighted by molar-refractivity contribution is 0.0756. The van der Waals surface area contributed by atoms with E-state index in [4.69, 9.17) is 5.26 Å². The molecule has 2 aliphatic carbocycles. The molecule has 2 heterocycles. The van der Waals surface area contributed by atoms with Crippen LogP contribution in [0.3, 0.4) is 0 Å². The molecule has 206 valence electrons. The minimum absolute atomic E-state index is 0.227. The van der Waals surface area contributed by atoms with Gasteiger partial charge in [0.15, 0.2) is 0 Å². The highest BCUT2D eigenvalue weighted by Gasteiger charge is 2.35. The van der Waals surface area contributed by atoms with Gasteiger partial charge >= 0.3 is 0 Å². The third kappa shape index (κ3) is 5.90. The molecule has 4 nitrogen and oxygen atoms in total. The Morgan fingerprint density at radius 2 is 1.90 bits per heavy atom. The molecule has 1 aromatic rings. The summed E-state index contributed by atoms with van der Waals surface area (Å²) in [6.07, 6.45) is 15.5. The van der Waals surface area contributed by atoms with Crippen molar-refractivity contribution in [2.24, 2.45) is 21.8 Å². The molecule has 1 atom stereocenters. The number of fused-ring (bicyclic) bond motifs is 1. The van der Waals surface area contributed by atoms with Crippen LogP contribution in [0.1, 0.15) is 102 Å². The first-order valence-corrected chi connectivity index (χ1v) is 15.4. The summed E-state index contributed by atoms with van der Waals surface area (Å²) < 4.78 is 0. The van der Waals surface area contributed by atoms with Crippen LogP contribution in [0.2, 0.25) is 0 Å². The van der Waals surface area contributed by atoms with Crippen LogP contribution in [0.5, 0.6) is 0 Å².